The van der Waals surface area contributed by atoms with E-state index in [0.717, 1.165) is 23.4 Å². The zero-order chi connectivity index (χ0) is 17.1. The Balaban J connectivity index is 1.90. The van der Waals surface area contributed by atoms with Gasteiger partial charge in [0.1, 0.15) is 0 Å². The van der Waals surface area contributed by atoms with Crippen molar-refractivity contribution in [3.05, 3.63) is 64.2 Å². The van der Waals surface area contributed by atoms with Crippen LogP contribution in [-0.2, 0) is 0 Å². The minimum atomic E-state index is -0.723. The van der Waals surface area contributed by atoms with Gasteiger partial charge in [-0.3, -0.25) is 20.0 Å². The molecule has 1 heterocycles. The van der Waals surface area contributed by atoms with Crippen LogP contribution in [0, 0.1) is 10.1 Å². The van der Waals surface area contributed by atoms with E-state index in [1.165, 1.54) is 12.1 Å². The summed E-state index contributed by atoms with van der Waals surface area (Å²) in [5.41, 5.74) is 5.87. The van der Waals surface area contributed by atoms with E-state index in [0.29, 0.717) is 15.9 Å². The van der Waals surface area contributed by atoms with Crippen molar-refractivity contribution in [2.24, 2.45) is 5.73 Å². The molecule has 24 heavy (non-hydrogen) atoms. The first-order valence-corrected chi connectivity index (χ1v) is 7.60. The number of nitro groups is 1. The summed E-state index contributed by atoms with van der Waals surface area (Å²) in [7, 11) is 0. The van der Waals surface area contributed by atoms with Crippen LogP contribution < -0.4 is 5.73 Å². The fraction of sp³-hybridized carbons (Fsp3) is 0. The van der Waals surface area contributed by atoms with Gasteiger partial charge in [-0.2, -0.15) is 0 Å². The summed E-state index contributed by atoms with van der Waals surface area (Å²) in [6, 6.07) is 13.4. The smallest absolute Gasteiger partial charge is 0.284 e. The second-order valence-electron chi connectivity index (χ2n) is 4.74. The zero-order valence-electron chi connectivity index (χ0n) is 12.2. The Morgan fingerprint density at radius 3 is 2.62 bits per heavy atom. The van der Waals surface area contributed by atoms with Gasteiger partial charge in [0.05, 0.1) is 9.82 Å². The van der Waals surface area contributed by atoms with E-state index in [9.17, 15) is 14.9 Å². The first-order chi connectivity index (χ1) is 11.5. The van der Waals surface area contributed by atoms with Crippen LogP contribution in [0.3, 0.4) is 0 Å². The molecule has 2 aromatic carbocycles. The lowest BCUT2D eigenvalue weighted by Gasteiger charge is -2.01. The summed E-state index contributed by atoms with van der Waals surface area (Å²) in [5, 5.41) is 18.4. The van der Waals surface area contributed by atoms with Crippen LogP contribution in [0.4, 0.5) is 5.69 Å². The Labute approximate surface area is 140 Å². The number of nitrogens with two attached hydrogens (primary N) is 1. The monoisotopic (exact) mass is 341 g/mol. The van der Waals surface area contributed by atoms with E-state index in [1.807, 2.05) is 30.3 Å². The highest BCUT2D eigenvalue weighted by atomic mass is 32.2. The number of aromatic amines is 1. The van der Waals surface area contributed by atoms with Crippen molar-refractivity contribution >= 4 is 23.4 Å². The normalized spacial score (nSPS) is 10.5. The number of carbonyl (C=O) groups excluding carboxylic acids is 1. The Bertz CT molecular complexity index is 910. The van der Waals surface area contributed by atoms with Gasteiger partial charge in [0.25, 0.3) is 5.69 Å². The fourth-order valence-corrected chi connectivity index (χ4v) is 2.81. The van der Waals surface area contributed by atoms with E-state index in [-0.39, 0.29) is 11.3 Å². The van der Waals surface area contributed by atoms with E-state index in [4.69, 9.17) is 5.73 Å². The molecule has 0 saturated carbocycles. The van der Waals surface area contributed by atoms with Crippen molar-refractivity contribution in [1.82, 2.24) is 15.2 Å². The van der Waals surface area contributed by atoms with E-state index < -0.39 is 10.8 Å². The van der Waals surface area contributed by atoms with E-state index in [1.54, 1.807) is 0 Å². The number of amides is 1. The molecule has 0 aliphatic carbocycles. The van der Waals surface area contributed by atoms with Crippen molar-refractivity contribution in [1.29, 1.82) is 0 Å². The van der Waals surface area contributed by atoms with Gasteiger partial charge in [0.2, 0.25) is 11.1 Å². The second-order valence-corrected chi connectivity index (χ2v) is 5.75. The number of aromatic nitrogens is 3. The maximum atomic E-state index is 11.2. The van der Waals surface area contributed by atoms with Gasteiger partial charge in [-0.1, -0.05) is 30.3 Å². The van der Waals surface area contributed by atoms with Crippen molar-refractivity contribution in [2.45, 2.75) is 10.1 Å². The minimum Gasteiger partial charge on any atom is -0.366 e. The summed E-state index contributed by atoms with van der Waals surface area (Å²) in [6.07, 6.45) is 0. The van der Waals surface area contributed by atoms with Gasteiger partial charge in [0.15, 0.2) is 5.82 Å². The molecule has 3 rings (SSSR count). The molecule has 8 nitrogen and oxygen atoms in total. The molecular formula is C15H11N5O3S. The van der Waals surface area contributed by atoms with Crippen LogP contribution in [0.15, 0.2) is 58.6 Å². The molecule has 120 valence electrons. The van der Waals surface area contributed by atoms with Gasteiger partial charge in [-0.05, 0) is 23.9 Å². The van der Waals surface area contributed by atoms with Crippen LogP contribution in [0.1, 0.15) is 10.4 Å². The Morgan fingerprint density at radius 2 is 1.96 bits per heavy atom. The lowest BCUT2D eigenvalue weighted by atomic mass is 10.2. The van der Waals surface area contributed by atoms with Crippen molar-refractivity contribution in [3.63, 3.8) is 0 Å². The third-order valence-corrected chi connectivity index (χ3v) is 4.08. The number of nitrogens with zero attached hydrogens (tertiary/aromatic N) is 3. The van der Waals surface area contributed by atoms with Gasteiger partial charge < -0.3 is 5.73 Å². The summed E-state index contributed by atoms with van der Waals surface area (Å²) in [5.74, 6) is -0.159. The number of nitrogens with one attached hydrogen (secondary N) is 1. The first kappa shape index (κ1) is 15.7. The maximum Gasteiger partial charge on any atom is 0.284 e. The predicted molar refractivity (Wildman–Crippen MR) is 87.6 cm³/mol. The van der Waals surface area contributed by atoms with E-state index >= 15 is 0 Å². The quantitative estimate of drug-likeness (QED) is 0.542. The molecule has 1 aromatic heterocycles. The average Bonchev–Trinajstić information content (AvgIpc) is 3.04. The Morgan fingerprint density at radius 1 is 1.21 bits per heavy atom. The highest BCUT2D eigenvalue weighted by molar-refractivity contribution is 7.99. The Hall–Kier alpha value is -3.20. The number of benzene rings is 2. The van der Waals surface area contributed by atoms with E-state index in [2.05, 4.69) is 15.2 Å². The summed E-state index contributed by atoms with van der Waals surface area (Å²) in [4.78, 5) is 26.4. The first-order valence-electron chi connectivity index (χ1n) is 6.78. The highest BCUT2D eigenvalue weighted by Crippen LogP contribution is 2.34. The lowest BCUT2D eigenvalue weighted by molar-refractivity contribution is -0.387. The van der Waals surface area contributed by atoms with Crippen LogP contribution in [0.2, 0.25) is 0 Å². The van der Waals surface area contributed by atoms with Crippen molar-refractivity contribution < 1.29 is 9.72 Å². The molecule has 9 heteroatoms. The number of primary amides is 1. The molecule has 1 amide bonds. The molecule has 0 aliphatic rings. The van der Waals surface area contributed by atoms with Crippen LogP contribution in [-0.4, -0.2) is 26.0 Å². The third-order valence-electron chi connectivity index (χ3n) is 3.15. The fourth-order valence-electron chi connectivity index (χ4n) is 2.02. The third kappa shape index (κ3) is 3.25. The maximum absolute atomic E-state index is 11.2. The number of H-pyrrole nitrogens is 1. The molecule has 0 radical (unpaired) electrons. The topological polar surface area (TPSA) is 128 Å². The van der Waals surface area contributed by atoms with Gasteiger partial charge >= 0.3 is 0 Å². The number of rotatable bonds is 5. The van der Waals surface area contributed by atoms with Crippen molar-refractivity contribution in [3.8, 4) is 11.4 Å². The number of carbonyl (C=O) groups is 1. The van der Waals surface area contributed by atoms with Gasteiger partial charge in [-0.25, -0.2) is 4.98 Å². The predicted octanol–water partition coefficient (Wildman–Crippen LogP) is 2.63. The molecule has 0 saturated heterocycles. The molecule has 3 aromatic rings. The van der Waals surface area contributed by atoms with Crippen LogP contribution in [0.25, 0.3) is 11.4 Å². The zero-order valence-corrected chi connectivity index (χ0v) is 13.0. The van der Waals surface area contributed by atoms with Gasteiger partial charge in [0, 0.05) is 17.2 Å². The molecule has 3 N–H and O–H groups in total. The summed E-state index contributed by atoms with van der Waals surface area (Å²) >= 11 is 1.03. The SMILES string of the molecule is NC(=O)c1ccc(Sc2n[nH]c(-c3ccccc3)n2)c([N+](=O)[O-])c1. The molecule has 0 atom stereocenters. The molecule has 0 unspecified atom stereocenters. The van der Waals surface area contributed by atoms with Crippen LogP contribution in [0.5, 0.6) is 0 Å². The second kappa shape index (κ2) is 6.50. The highest BCUT2D eigenvalue weighted by Gasteiger charge is 2.19. The minimum absolute atomic E-state index is 0.0750. The molecular weight excluding hydrogens is 330 g/mol. The average molecular weight is 341 g/mol. The van der Waals surface area contributed by atoms with Gasteiger partial charge in [-0.15, -0.1) is 5.10 Å². The number of nitro benzene ring substituents is 1. The molecule has 0 bridgehead atoms. The molecule has 0 fully saturated rings. The number of hydrogen-bond donors (Lipinski definition) is 2. The molecule has 0 aliphatic heterocycles. The Kier molecular flexibility index (Phi) is 4.25. The number of hydrogen-bond acceptors (Lipinski definition) is 6. The lowest BCUT2D eigenvalue weighted by Crippen LogP contribution is -2.11. The summed E-state index contributed by atoms with van der Waals surface area (Å²) in [6.45, 7) is 0. The van der Waals surface area contributed by atoms with Crippen LogP contribution >= 0.6 is 11.8 Å². The summed E-state index contributed by atoms with van der Waals surface area (Å²) < 4.78 is 0. The largest absolute Gasteiger partial charge is 0.366 e. The molecule has 0 spiro atoms. The van der Waals surface area contributed by atoms with Crippen molar-refractivity contribution in [2.75, 3.05) is 0 Å². The standard InChI is InChI=1S/C15H11N5O3S/c16-13(21)10-6-7-12(11(8-10)20(22)23)24-15-17-14(18-19-15)9-4-2-1-3-5-9/h1-8H,(H2,16,21)(H,17,18,19).